The molecule has 0 aromatic heterocycles. The van der Waals surface area contributed by atoms with Crippen LogP contribution in [0.25, 0.3) is 0 Å². The van der Waals surface area contributed by atoms with E-state index in [9.17, 15) is 4.79 Å². The van der Waals surface area contributed by atoms with E-state index >= 15 is 0 Å². The van der Waals surface area contributed by atoms with Gasteiger partial charge in [-0.3, -0.25) is 9.79 Å². The molecule has 0 rings (SSSR count). The van der Waals surface area contributed by atoms with Gasteiger partial charge in [-0.25, -0.2) is 0 Å². The number of rotatable bonds is 3. The second-order valence-corrected chi connectivity index (χ2v) is 1.83. The van der Waals surface area contributed by atoms with Crippen molar-refractivity contribution in [3.8, 4) is 0 Å². The molecule has 4 N–H and O–H groups in total. The van der Waals surface area contributed by atoms with Crippen molar-refractivity contribution in [2.45, 2.75) is 6.42 Å². The lowest BCUT2D eigenvalue weighted by Gasteiger charge is -1.88. The second kappa shape index (κ2) is 4.14. The summed E-state index contributed by atoms with van der Waals surface area (Å²) in [5.74, 6) is -0.0204. The number of hydrogen-bond acceptors (Lipinski definition) is 2. The van der Waals surface area contributed by atoms with Crippen molar-refractivity contribution >= 4 is 22.8 Å². The molecular weight excluding hydrogens is 142 g/mol. The molecule has 0 radical (unpaired) electrons. The zero-order chi connectivity index (χ0) is 7.28. The van der Waals surface area contributed by atoms with Crippen LogP contribution in [-0.2, 0) is 4.79 Å². The molecule has 5 heteroatoms. The quantitative estimate of drug-likeness (QED) is 0.320. The minimum Gasteiger partial charge on any atom is -0.370 e. The smallest absolute Gasteiger partial charge is 0.223 e. The predicted octanol–water partition coefficient (Wildman–Crippen LogP) is -0.585. The zero-order valence-corrected chi connectivity index (χ0v) is 5.56. The normalized spacial score (nSPS) is 8.56. The highest BCUT2D eigenvalue weighted by molar-refractivity contribution is 6.63. The highest BCUT2D eigenvalue weighted by Gasteiger charge is 1.92. The summed E-state index contributed by atoms with van der Waals surface area (Å²) in [4.78, 5) is 13.6. The van der Waals surface area contributed by atoms with Gasteiger partial charge in [-0.1, -0.05) is 0 Å². The van der Waals surface area contributed by atoms with Crippen molar-refractivity contribution in [3.63, 3.8) is 0 Å². The lowest BCUT2D eigenvalue weighted by Crippen LogP contribution is -2.23. The predicted molar refractivity (Wildman–Crippen MR) is 36.2 cm³/mol. The maximum atomic E-state index is 10.0. The Balaban J connectivity index is 3.31. The fraction of sp³-hybridized carbons (Fsp3) is 0.500. The van der Waals surface area contributed by atoms with E-state index in [4.69, 9.17) is 23.1 Å². The zero-order valence-electron chi connectivity index (χ0n) is 4.80. The lowest BCUT2D eigenvalue weighted by molar-refractivity contribution is -0.111. The van der Waals surface area contributed by atoms with E-state index < -0.39 is 5.24 Å². The Morgan fingerprint density at radius 1 is 1.56 bits per heavy atom. The van der Waals surface area contributed by atoms with Crippen molar-refractivity contribution in [2.24, 2.45) is 16.5 Å². The molecular formula is C4H8ClN3O. The summed E-state index contributed by atoms with van der Waals surface area (Å²) in [5, 5.41) is -0.431. The molecule has 0 saturated heterocycles. The van der Waals surface area contributed by atoms with E-state index in [1.807, 2.05) is 0 Å². The Labute approximate surface area is 57.9 Å². The molecule has 0 bridgehead atoms. The van der Waals surface area contributed by atoms with Crippen LogP contribution in [0, 0.1) is 0 Å². The largest absolute Gasteiger partial charge is 0.370 e. The van der Waals surface area contributed by atoms with Gasteiger partial charge in [0, 0.05) is 6.42 Å². The van der Waals surface area contributed by atoms with Gasteiger partial charge in [0.15, 0.2) is 5.96 Å². The van der Waals surface area contributed by atoms with Crippen molar-refractivity contribution < 1.29 is 4.79 Å². The maximum absolute atomic E-state index is 10.0. The number of halogens is 1. The topological polar surface area (TPSA) is 81.5 Å². The molecule has 0 unspecified atom stereocenters. The summed E-state index contributed by atoms with van der Waals surface area (Å²) in [5.41, 5.74) is 9.90. The fourth-order valence-corrected chi connectivity index (χ4v) is 0.357. The molecule has 0 saturated carbocycles. The third kappa shape index (κ3) is 7.23. The summed E-state index contributed by atoms with van der Waals surface area (Å²) < 4.78 is 0. The van der Waals surface area contributed by atoms with Gasteiger partial charge in [-0.05, 0) is 11.6 Å². The van der Waals surface area contributed by atoms with Crippen LogP contribution in [0.1, 0.15) is 6.42 Å². The standard InChI is InChI=1S/C4H8ClN3O/c5-3(9)1-2-8-4(6)7/h1-2H2,(H4,6,7,8). The average Bonchev–Trinajstić information content (AvgIpc) is 1.63. The Hall–Kier alpha value is -0.770. The van der Waals surface area contributed by atoms with Crippen molar-refractivity contribution in [1.82, 2.24) is 0 Å². The highest BCUT2D eigenvalue weighted by atomic mass is 35.5. The summed E-state index contributed by atoms with van der Waals surface area (Å²) in [6.45, 7) is 0.269. The molecule has 9 heavy (non-hydrogen) atoms. The third-order valence-electron chi connectivity index (χ3n) is 0.603. The van der Waals surface area contributed by atoms with Crippen LogP contribution < -0.4 is 11.5 Å². The van der Waals surface area contributed by atoms with Gasteiger partial charge >= 0.3 is 0 Å². The minimum absolute atomic E-state index is 0.0204. The fourth-order valence-electron chi connectivity index (χ4n) is 0.273. The number of hydrogen-bond donors (Lipinski definition) is 2. The first-order valence-corrected chi connectivity index (χ1v) is 2.74. The molecule has 0 atom stereocenters. The van der Waals surface area contributed by atoms with Crippen molar-refractivity contribution in [3.05, 3.63) is 0 Å². The SMILES string of the molecule is NC(N)=NCCC(=O)Cl. The van der Waals surface area contributed by atoms with Gasteiger partial charge in [-0.2, -0.15) is 0 Å². The Bertz CT molecular complexity index is 130. The van der Waals surface area contributed by atoms with E-state index in [0.717, 1.165) is 0 Å². The first-order valence-electron chi connectivity index (χ1n) is 2.36. The van der Waals surface area contributed by atoms with Gasteiger partial charge in [0.1, 0.15) is 0 Å². The number of guanidine groups is 1. The second-order valence-electron chi connectivity index (χ2n) is 1.41. The number of nitrogens with two attached hydrogens (primary N) is 2. The minimum atomic E-state index is -0.431. The number of aliphatic imine (C=N–C) groups is 1. The van der Waals surface area contributed by atoms with Gasteiger partial charge in [0.25, 0.3) is 0 Å². The van der Waals surface area contributed by atoms with Crippen LogP contribution in [0.3, 0.4) is 0 Å². The van der Waals surface area contributed by atoms with Crippen LogP contribution in [0.15, 0.2) is 4.99 Å². The van der Waals surface area contributed by atoms with Crippen LogP contribution in [0.2, 0.25) is 0 Å². The van der Waals surface area contributed by atoms with Crippen LogP contribution in [-0.4, -0.2) is 17.7 Å². The molecule has 0 aliphatic heterocycles. The van der Waals surface area contributed by atoms with Crippen LogP contribution in [0.5, 0.6) is 0 Å². The molecule has 0 aliphatic carbocycles. The molecule has 4 nitrogen and oxygen atoms in total. The molecule has 52 valence electrons. The third-order valence-corrected chi connectivity index (χ3v) is 0.792. The van der Waals surface area contributed by atoms with Crippen molar-refractivity contribution in [1.29, 1.82) is 0 Å². The maximum Gasteiger partial charge on any atom is 0.223 e. The van der Waals surface area contributed by atoms with E-state index in [-0.39, 0.29) is 18.9 Å². The average molecular weight is 150 g/mol. The van der Waals surface area contributed by atoms with E-state index in [1.165, 1.54) is 0 Å². The Morgan fingerprint density at radius 3 is 2.44 bits per heavy atom. The first kappa shape index (κ1) is 8.23. The molecule has 0 aromatic carbocycles. The molecule has 0 aliphatic rings. The molecule has 0 heterocycles. The van der Waals surface area contributed by atoms with E-state index in [0.29, 0.717) is 0 Å². The Kier molecular flexibility index (Phi) is 3.79. The van der Waals surface area contributed by atoms with Gasteiger partial charge in [0.2, 0.25) is 5.24 Å². The highest BCUT2D eigenvalue weighted by Crippen LogP contribution is 1.87. The number of carbonyl (C=O) groups is 1. The van der Waals surface area contributed by atoms with Crippen LogP contribution in [0.4, 0.5) is 0 Å². The summed E-state index contributed by atoms with van der Waals surface area (Å²) in [6.07, 6.45) is 0.180. The monoisotopic (exact) mass is 149 g/mol. The number of nitrogens with zero attached hydrogens (tertiary/aromatic N) is 1. The summed E-state index contributed by atoms with van der Waals surface area (Å²) >= 11 is 4.97. The van der Waals surface area contributed by atoms with Crippen LogP contribution >= 0.6 is 11.6 Å². The number of carbonyl (C=O) groups excluding carboxylic acids is 1. The molecule has 0 amide bonds. The van der Waals surface area contributed by atoms with Gasteiger partial charge in [-0.15, -0.1) is 0 Å². The van der Waals surface area contributed by atoms with E-state index in [2.05, 4.69) is 4.99 Å². The van der Waals surface area contributed by atoms with Crippen molar-refractivity contribution in [2.75, 3.05) is 6.54 Å². The van der Waals surface area contributed by atoms with Gasteiger partial charge < -0.3 is 11.5 Å². The molecule has 0 fully saturated rings. The first-order chi connectivity index (χ1) is 4.13. The summed E-state index contributed by atoms with van der Waals surface area (Å²) in [6, 6.07) is 0. The molecule has 0 spiro atoms. The summed E-state index contributed by atoms with van der Waals surface area (Å²) in [7, 11) is 0. The Morgan fingerprint density at radius 2 is 2.11 bits per heavy atom. The van der Waals surface area contributed by atoms with E-state index in [1.54, 1.807) is 0 Å². The van der Waals surface area contributed by atoms with Gasteiger partial charge in [0.05, 0.1) is 6.54 Å². The lowest BCUT2D eigenvalue weighted by atomic mass is 10.5. The molecule has 0 aromatic rings.